The van der Waals surface area contributed by atoms with Gasteiger partial charge in [-0.3, -0.25) is 4.68 Å². The van der Waals surface area contributed by atoms with Gasteiger partial charge in [0, 0.05) is 31.7 Å². The Kier molecular flexibility index (Phi) is 3.59. The molecule has 0 radical (unpaired) electrons. The molecule has 0 amide bonds. The van der Waals surface area contributed by atoms with Gasteiger partial charge in [0.05, 0.1) is 5.69 Å². The zero-order valence-corrected chi connectivity index (χ0v) is 9.74. The Morgan fingerprint density at radius 2 is 2.47 bits per heavy atom. The van der Waals surface area contributed by atoms with E-state index in [0.717, 1.165) is 18.1 Å². The zero-order chi connectivity index (χ0) is 10.7. The van der Waals surface area contributed by atoms with Crippen LogP contribution >= 0.6 is 11.6 Å². The Labute approximate surface area is 95.0 Å². The number of nitrogens with one attached hydrogen (secondary N) is 1. The molecule has 1 fully saturated rings. The van der Waals surface area contributed by atoms with E-state index >= 15 is 0 Å². The van der Waals surface area contributed by atoms with Crippen molar-refractivity contribution in [3.05, 3.63) is 11.9 Å². The Bertz CT molecular complexity index is 312. The van der Waals surface area contributed by atoms with Gasteiger partial charge < -0.3 is 5.32 Å². The summed E-state index contributed by atoms with van der Waals surface area (Å²) in [4.78, 5) is 0. The van der Waals surface area contributed by atoms with Crippen molar-refractivity contribution in [2.75, 3.05) is 5.88 Å². The van der Waals surface area contributed by atoms with Gasteiger partial charge in [-0.2, -0.15) is 0 Å². The first-order valence-electron chi connectivity index (χ1n) is 5.44. The molecule has 0 saturated heterocycles. The van der Waals surface area contributed by atoms with E-state index in [1.54, 1.807) is 4.68 Å². The van der Waals surface area contributed by atoms with Gasteiger partial charge in [0.25, 0.3) is 0 Å². The number of hydrogen-bond acceptors (Lipinski definition) is 3. The largest absolute Gasteiger partial charge is 0.308 e. The van der Waals surface area contributed by atoms with Crippen LogP contribution in [-0.2, 0) is 13.6 Å². The smallest absolute Gasteiger partial charge is 0.0964 e. The molecule has 0 aromatic carbocycles. The average Bonchev–Trinajstić information content (AvgIpc) is 2.83. The molecule has 1 saturated carbocycles. The molecule has 0 bridgehead atoms. The minimum Gasteiger partial charge on any atom is -0.308 e. The Hall–Kier alpha value is -0.610. The SMILES string of the molecule is Cn1cc(CNC2CCCC2CCl)nn1. The second kappa shape index (κ2) is 4.94. The van der Waals surface area contributed by atoms with Crippen molar-refractivity contribution in [1.82, 2.24) is 20.3 Å². The summed E-state index contributed by atoms with van der Waals surface area (Å²) in [5.41, 5.74) is 0.998. The quantitative estimate of drug-likeness (QED) is 0.791. The summed E-state index contributed by atoms with van der Waals surface area (Å²) < 4.78 is 1.73. The lowest BCUT2D eigenvalue weighted by molar-refractivity contribution is 0.427. The minimum absolute atomic E-state index is 0.560. The van der Waals surface area contributed by atoms with E-state index in [4.69, 9.17) is 11.6 Å². The fraction of sp³-hybridized carbons (Fsp3) is 0.800. The summed E-state index contributed by atoms with van der Waals surface area (Å²) >= 11 is 5.92. The highest BCUT2D eigenvalue weighted by atomic mass is 35.5. The van der Waals surface area contributed by atoms with E-state index in [-0.39, 0.29) is 0 Å². The van der Waals surface area contributed by atoms with E-state index in [1.165, 1.54) is 19.3 Å². The average molecular weight is 229 g/mol. The zero-order valence-electron chi connectivity index (χ0n) is 8.99. The number of aromatic nitrogens is 3. The van der Waals surface area contributed by atoms with Gasteiger partial charge in [0.15, 0.2) is 0 Å². The molecule has 1 aliphatic carbocycles. The molecule has 1 N–H and O–H groups in total. The minimum atomic E-state index is 0.560. The summed E-state index contributed by atoms with van der Waals surface area (Å²) in [5, 5.41) is 11.5. The van der Waals surface area contributed by atoms with E-state index in [1.807, 2.05) is 13.2 Å². The second-order valence-corrected chi connectivity index (χ2v) is 4.52. The highest BCUT2D eigenvalue weighted by molar-refractivity contribution is 6.18. The van der Waals surface area contributed by atoms with Crippen molar-refractivity contribution < 1.29 is 0 Å². The monoisotopic (exact) mass is 228 g/mol. The van der Waals surface area contributed by atoms with Gasteiger partial charge in [0.1, 0.15) is 0 Å². The number of nitrogens with zero attached hydrogens (tertiary/aromatic N) is 3. The van der Waals surface area contributed by atoms with Gasteiger partial charge in [0.2, 0.25) is 0 Å². The summed E-state index contributed by atoms with van der Waals surface area (Å²) in [5.74, 6) is 1.39. The Balaban J connectivity index is 1.82. The van der Waals surface area contributed by atoms with Crippen LogP contribution in [0.15, 0.2) is 6.20 Å². The van der Waals surface area contributed by atoms with Gasteiger partial charge in [-0.15, -0.1) is 16.7 Å². The molecular weight excluding hydrogens is 212 g/mol. The normalized spacial score (nSPS) is 26.0. The van der Waals surface area contributed by atoms with Crippen molar-refractivity contribution in [2.45, 2.75) is 31.8 Å². The molecule has 1 aromatic rings. The van der Waals surface area contributed by atoms with Crippen LogP contribution in [0.5, 0.6) is 0 Å². The number of hydrogen-bond donors (Lipinski definition) is 1. The van der Waals surface area contributed by atoms with Gasteiger partial charge in [-0.25, -0.2) is 0 Å². The van der Waals surface area contributed by atoms with Crippen LogP contribution in [0.3, 0.4) is 0 Å². The first-order valence-corrected chi connectivity index (χ1v) is 5.97. The number of halogens is 1. The Morgan fingerprint density at radius 1 is 1.60 bits per heavy atom. The summed E-state index contributed by atoms with van der Waals surface area (Å²) in [6, 6.07) is 0.560. The molecule has 1 aliphatic rings. The molecule has 0 aliphatic heterocycles. The Morgan fingerprint density at radius 3 is 3.13 bits per heavy atom. The molecule has 0 spiro atoms. The van der Waals surface area contributed by atoms with Crippen LogP contribution in [0.1, 0.15) is 25.0 Å². The standard InChI is InChI=1S/C10H17ClN4/c1-15-7-9(13-14-15)6-12-10-4-2-3-8(10)5-11/h7-8,10,12H,2-6H2,1H3. The van der Waals surface area contributed by atoms with E-state index in [9.17, 15) is 0 Å². The van der Waals surface area contributed by atoms with Crippen LogP contribution in [0.4, 0.5) is 0 Å². The van der Waals surface area contributed by atoms with Crippen LogP contribution in [0.2, 0.25) is 0 Å². The molecule has 4 nitrogen and oxygen atoms in total. The molecule has 84 valence electrons. The third-order valence-corrected chi connectivity index (χ3v) is 3.45. The third-order valence-electron chi connectivity index (χ3n) is 3.05. The number of aryl methyl sites for hydroxylation is 1. The molecule has 5 heteroatoms. The van der Waals surface area contributed by atoms with Crippen molar-refractivity contribution in [3.8, 4) is 0 Å². The predicted molar refractivity (Wildman–Crippen MR) is 59.7 cm³/mol. The van der Waals surface area contributed by atoms with Crippen LogP contribution in [0.25, 0.3) is 0 Å². The lowest BCUT2D eigenvalue weighted by atomic mass is 10.1. The van der Waals surface area contributed by atoms with Crippen LogP contribution in [0, 0.1) is 5.92 Å². The first kappa shape index (κ1) is 10.9. The summed E-state index contributed by atoms with van der Waals surface area (Å²) in [7, 11) is 1.88. The fourth-order valence-corrected chi connectivity index (χ4v) is 2.57. The van der Waals surface area contributed by atoms with Crippen molar-refractivity contribution in [1.29, 1.82) is 0 Å². The molecule has 15 heavy (non-hydrogen) atoms. The number of rotatable bonds is 4. The lowest BCUT2D eigenvalue weighted by Crippen LogP contribution is -2.32. The molecular formula is C10H17ClN4. The van der Waals surface area contributed by atoms with Crippen molar-refractivity contribution in [3.63, 3.8) is 0 Å². The van der Waals surface area contributed by atoms with Gasteiger partial charge in [-0.05, 0) is 18.8 Å². The molecule has 1 heterocycles. The van der Waals surface area contributed by atoms with Gasteiger partial charge >= 0.3 is 0 Å². The highest BCUT2D eigenvalue weighted by Gasteiger charge is 2.25. The maximum atomic E-state index is 5.92. The van der Waals surface area contributed by atoms with Crippen molar-refractivity contribution >= 4 is 11.6 Å². The molecule has 2 atom stereocenters. The molecule has 1 aromatic heterocycles. The van der Waals surface area contributed by atoms with Gasteiger partial charge in [-0.1, -0.05) is 11.6 Å². The molecule has 2 unspecified atom stereocenters. The fourth-order valence-electron chi connectivity index (χ4n) is 2.20. The van der Waals surface area contributed by atoms with Crippen LogP contribution in [-0.4, -0.2) is 26.9 Å². The number of alkyl halides is 1. The van der Waals surface area contributed by atoms with Crippen LogP contribution < -0.4 is 5.32 Å². The summed E-state index contributed by atoms with van der Waals surface area (Å²) in [6.45, 7) is 0.798. The van der Waals surface area contributed by atoms with E-state index in [2.05, 4.69) is 15.6 Å². The van der Waals surface area contributed by atoms with E-state index in [0.29, 0.717) is 12.0 Å². The third kappa shape index (κ3) is 2.69. The topological polar surface area (TPSA) is 42.7 Å². The van der Waals surface area contributed by atoms with Crippen molar-refractivity contribution in [2.24, 2.45) is 13.0 Å². The predicted octanol–water partition coefficient (Wildman–Crippen LogP) is 1.31. The summed E-state index contributed by atoms with van der Waals surface area (Å²) in [6.07, 6.45) is 5.71. The lowest BCUT2D eigenvalue weighted by Gasteiger charge is -2.17. The first-order chi connectivity index (χ1) is 7.29. The van der Waals surface area contributed by atoms with E-state index < -0.39 is 0 Å². The second-order valence-electron chi connectivity index (χ2n) is 4.22. The maximum absolute atomic E-state index is 5.92. The maximum Gasteiger partial charge on any atom is 0.0964 e. The highest BCUT2D eigenvalue weighted by Crippen LogP contribution is 2.26. The molecule has 2 rings (SSSR count).